The molecule has 0 unspecified atom stereocenters. The lowest BCUT2D eigenvalue weighted by molar-refractivity contribution is -0.138. The predicted octanol–water partition coefficient (Wildman–Crippen LogP) is 2.45. The van der Waals surface area contributed by atoms with Gasteiger partial charge in [0.05, 0.1) is 17.3 Å². The Morgan fingerprint density at radius 2 is 1.73 bits per heavy atom. The maximum absolute atomic E-state index is 12.6. The number of ether oxygens (including phenoxy) is 1. The van der Waals surface area contributed by atoms with E-state index in [-0.39, 0.29) is 18.5 Å². The Morgan fingerprint density at radius 1 is 1.15 bits per heavy atom. The van der Waals surface area contributed by atoms with Crippen LogP contribution in [0.5, 0.6) is 0 Å². The van der Waals surface area contributed by atoms with Crippen molar-refractivity contribution in [1.29, 1.82) is 0 Å². The highest BCUT2D eigenvalue weighted by atomic mass is 19.4. The van der Waals surface area contributed by atoms with Crippen molar-refractivity contribution in [3.05, 3.63) is 18.0 Å². The van der Waals surface area contributed by atoms with E-state index in [0.29, 0.717) is 31.9 Å². The molecule has 13 heteroatoms. The Hall–Kier alpha value is -3.12. The number of nitrogens with one attached hydrogen (secondary N) is 1. The van der Waals surface area contributed by atoms with Crippen LogP contribution in [0.2, 0.25) is 0 Å². The summed E-state index contributed by atoms with van der Waals surface area (Å²) in [5.41, 5.74) is -1.08. The average molecular weight is 474 g/mol. The van der Waals surface area contributed by atoms with Gasteiger partial charge in [-0.2, -0.15) is 13.2 Å². The summed E-state index contributed by atoms with van der Waals surface area (Å²) >= 11 is 0. The summed E-state index contributed by atoms with van der Waals surface area (Å²) in [6.07, 6.45) is -3.59. The summed E-state index contributed by atoms with van der Waals surface area (Å²) in [5, 5.41) is 6.50. The van der Waals surface area contributed by atoms with Gasteiger partial charge in [0.1, 0.15) is 5.60 Å². The van der Waals surface area contributed by atoms with E-state index < -0.39 is 29.5 Å². The first-order chi connectivity index (χ1) is 15.3. The lowest BCUT2D eigenvalue weighted by Gasteiger charge is -2.34. The van der Waals surface area contributed by atoms with Crippen LogP contribution in [0, 0.1) is 0 Å². The van der Waals surface area contributed by atoms with Gasteiger partial charge in [-0.25, -0.2) is 14.8 Å². The van der Waals surface area contributed by atoms with E-state index in [9.17, 15) is 22.8 Å². The molecule has 1 atom stereocenters. The van der Waals surface area contributed by atoms with E-state index in [1.54, 1.807) is 44.4 Å². The molecule has 2 rings (SSSR count). The lowest BCUT2D eigenvalue weighted by atomic mass is 10.2. The fraction of sp³-hybridized carbons (Fsp3) is 0.650. The van der Waals surface area contributed by atoms with Gasteiger partial charge in [0.25, 0.3) is 5.91 Å². The maximum atomic E-state index is 12.6. The first-order valence-corrected chi connectivity index (χ1v) is 10.3. The zero-order chi connectivity index (χ0) is 24.8. The zero-order valence-corrected chi connectivity index (χ0v) is 19.3. The van der Waals surface area contributed by atoms with Crippen LogP contribution in [-0.4, -0.2) is 77.0 Å². The molecule has 1 N–H and O–H groups in total. The van der Waals surface area contributed by atoms with Crippen molar-refractivity contribution in [2.75, 3.05) is 37.7 Å². The summed E-state index contributed by atoms with van der Waals surface area (Å²) in [6, 6.07) is -0.456. The van der Waals surface area contributed by atoms with Crippen molar-refractivity contribution in [1.82, 2.24) is 20.2 Å². The number of alkyl halides is 3. The number of carbonyl (C=O) groups excluding carboxylic acids is 2. The van der Waals surface area contributed by atoms with Gasteiger partial charge in [-0.3, -0.25) is 4.79 Å². The number of piperazine rings is 1. The highest BCUT2D eigenvalue weighted by molar-refractivity contribution is 5.89. The number of amides is 2. The third kappa shape index (κ3) is 8.39. The number of halogens is 3. The van der Waals surface area contributed by atoms with Gasteiger partial charge in [-0.05, 0) is 34.6 Å². The van der Waals surface area contributed by atoms with Crippen LogP contribution in [0.4, 0.5) is 23.9 Å². The summed E-state index contributed by atoms with van der Waals surface area (Å²) in [5.74, 6) is -0.106. The van der Waals surface area contributed by atoms with Gasteiger partial charge in [0.2, 0.25) is 5.95 Å². The molecule has 1 saturated heterocycles. The second-order valence-electron chi connectivity index (χ2n) is 8.51. The number of aromatic nitrogens is 2. The molecule has 0 saturated carbocycles. The van der Waals surface area contributed by atoms with E-state index in [0.717, 1.165) is 12.4 Å². The molecule has 1 aliphatic heterocycles. The third-order valence-electron chi connectivity index (χ3n) is 4.64. The van der Waals surface area contributed by atoms with Gasteiger partial charge in [0.15, 0.2) is 6.61 Å². The van der Waals surface area contributed by atoms with Gasteiger partial charge >= 0.3 is 12.3 Å². The highest BCUT2D eigenvalue weighted by Crippen LogP contribution is 2.28. The Morgan fingerprint density at radius 3 is 2.24 bits per heavy atom. The molecule has 1 aromatic heterocycles. The third-order valence-corrected chi connectivity index (χ3v) is 4.64. The number of hydrogen-bond donors (Lipinski definition) is 1. The fourth-order valence-corrected chi connectivity index (χ4v) is 2.74. The first kappa shape index (κ1) is 26.1. The molecule has 0 aliphatic carbocycles. The Balaban J connectivity index is 1.77. The Bertz CT molecular complexity index is 847. The minimum atomic E-state index is -4.49. The number of hydrogen-bond acceptors (Lipinski definition) is 8. The van der Waals surface area contributed by atoms with Gasteiger partial charge < -0.3 is 24.7 Å². The lowest BCUT2D eigenvalue weighted by Crippen LogP contribution is -2.50. The summed E-state index contributed by atoms with van der Waals surface area (Å²) in [6.45, 7) is 9.75. The molecule has 184 valence electrons. The smallest absolute Gasteiger partial charge is 0.419 e. The molecule has 33 heavy (non-hydrogen) atoms. The van der Waals surface area contributed by atoms with Crippen LogP contribution in [-0.2, 0) is 20.5 Å². The molecule has 1 fully saturated rings. The summed E-state index contributed by atoms with van der Waals surface area (Å²) < 4.78 is 43.1. The average Bonchev–Trinajstić information content (AvgIpc) is 2.71. The van der Waals surface area contributed by atoms with E-state index in [4.69, 9.17) is 9.57 Å². The summed E-state index contributed by atoms with van der Waals surface area (Å²) in [7, 11) is 0. The van der Waals surface area contributed by atoms with Crippen LogP contribution >= 0.6 is 0 Å². The van der Waals surface area contributed by atoms with Gasteiger partial charge in [-0.1, -0.05) is 5.16 Å². The first-order valence-electron chi connectivity index (χ1n) is 10.3. The minimum absolute atomic E-state index is 0.179. The number of rotatable bonds is 6. The molecule has 1 aromatic rings. The summed E-state index contributed by atoms with van der Waals surface area (Å²) in [4.78, 5) is 40.1. The quantitative estimate of drug-likeness (QED) is 0.498. The van der Waals surface area contributed by atoms with Crippen LogP contribution in [0.1, 0.15) is 40.2 Å². The second kappa shape index (κ2) is 10.7. The minimum Gasteiger partial charge on any atom is -0.444 e. The van der Waals surface area contributed by atoms with Gasteiger partial charge in [0, 0.05) is 38.6 Å². The van der Waals surface area contributed by atoms with Crippen molar-refractivity contribution >= 4 is 23.7 Å². The molecule has 2 amide bonds. The second-order valence-corrected chi connectivity index (χ2v) is 8.51. The van der Waals surface area contributed by atoms with Crippen molar-refractivity contribution in [3.63, 3.8) is 0 Å². The number of oxime groups is 1. The van der Waals surface area contributed by atoms with Crippen LogP contribution < -0.4 is 10.2 Å². The maximum Gasteiger partial charge on any atom is 0.419 e. The largest absolute Gasteiger partial charge is 0.444 e. The monoisotopic (exact) mass is 474 g/mol. The van der Waals surface area contributed by atoms with Crippen molar-refractivity contribution in [3.8, 4) is 0 Å². The van der Waals surface area contributed by atoms with Gasteiger partial charge in [-0.15, -0.1) is 0 Å². The predicted molar refractivity (Wildman–Crippen MR) is 114 cm³/mol. The Kier molecular flexibility index (Phi) is 8.45. The molecule has 1 aliphatic rings. The number of carbonyl (C=O) groups is 2. The van der Waals surface area contributed by atoms with Crippen LogP contribution in [0.25, 0.3) is 0 Å². The van der Waals surface area contributed by atoms with Crippen molar-refractivity contribution in [2.24, 2.45) is 5.16 Å². The number of anilines is 1. The molecule has 0 aromatic carbocycles. The van der Waals surface area contributed by atoms with E-state index in [1.165, 1.54) is 0 Å². The fourth-order valence-electron chi connectivity index (χ4n) is 2.74. The molecule has 10 nitrogen and oxygen atoms in total. The number of nitrogens with zero attached hydrogens (tertiary/aromatic N) is 5. The standard InChI is InChI=1S/C20H29F3N6O4/c1-13(26-18(31)33-19(3,4)5)14(2)27-32-12-16(30)28-6-8-29(9-7-28)17-24-10-15(11-25-17)20(21,22)23/h10-11,13H,6-9,12H2,1-5H3,(H,26,31)/b27-14+/t13-/m0/s1. The van der Waals surface area contributed by atoms with E-state index in [2.05, 4.69) is 20.4 Å². The van der Waals surface area contributed by atoms with E-state index in [1.807, 2.05) is 0 Å². The molecule has 0 radical (unpaired) electrons. The molecular formula is C20H29F3N6O4. The van der Waals surface area contributed by atoms with Crippen molar-refractivity contribution < 1.29 is 32.3 Å². The zero-order valence-electron chi connectivity index (χ0n) is 19.3. The Labute approximate surface area is 190 Å². The van der Waals surface area contributed by atoms with Crippen molar-refractivity contribution in [2.45, 2.75) is 52.4 Å². The molecule has 0 spiro atoms. The molecule has 0 bridgehead atoms. The topological polar surface area (TPSA) is 109 Å². The number of alkyl carbamates (subject to hydrolysis) is 1. The normalized spacial score (nSPS) is 16.3. The highest BCUT2D eigenvalue weighted by Gasteiger charge is 2.32. The van der Waals surface area contributed by atoms with Crippen LogP contribution in [0.3, 0.4) is 0 Å². The molecular weight excluding hydrogens is 445 g/mol. The molecule has 2 heterocycles. The van der Waals surface area contributed by atoms with E-state index >= 15 is 0 Å². The SMILES string of the molecule is C/C(=N\OCC(=O)N1CCN(c2ncc(C(F)(F)F)cn2)CC1)[C@H](C)NC(=O)OC(C)(C)C. The van der Waals surface area contributed by atoms with Crippen LogP contribution in [0.15, 0.2) is 17.5 Å².